The summed E-state index contributed by atoms with van der Waals surface area (Å²) in [5, 5.41) is 2.52. The normalized spacial score (nSPS) is 15.0. The van der Waals surface area contributed by atoms with Crippen LogP contribution in [-0.4, -0.2) is 61.2 Å². The Labute approximate surface area is 142 Å². The SMILES string of the molecule is CCOC(=O)c1ccc(C(F)(F)F)nc1NCC(=O)N1CCOCC1. The summed E-state index contributed by atoms with van der Waals surface area (Å²) in [5.74, 6) is -1.47. The van der Waals surface area contributed by atoms with E-state index in [1.807, 2.05) is 0 Å². The van der Waals surface area contributed by atoms with Gasteiger partial charge in [0.25, 0.3) is 0 Å². The molecule has 0 saturated carbocycles. The summed E-state index contributed by atoms with van der Waals surface area (Å²) in [7, 11) is 0. The second-order valence-electron chi connectivity index (χ2n) is 5.16. The van der Waals surface area contributed by atoms with Crippen LogP contribution in [0.2, 0.25) is 0 Å². The number of carbonyl (C=O) groups excluding carboxylic acids is 2. The predicted molar refractivity (Wildman–Crippen MR) is 81.1 cm³/mol. The summed E-state index contributed by atoms with van der Waals surface area (Å²) in [6, 6.07) is 1.68. The van der Waals surface area contributed by atoms with Gasteiger partial charge in [0, 0.05) is 13.1 Å². The standard InChI is InChI=1S/C15H18F3N3O4/c1-2-25-14(23)10-3-4-11(15(16,17)18)20-13(10)19-9-12(22)21-5-7-24-8-6-21/h3-4H,2,5-9H2,1H3,(H,19,20). The van der Waals surface area contributed by atoms with Gasteiger partial charge in [-0.05, 0) is 19.1 Å². The van der Waals surface area contributed by atoms with Gasteiger partial charge < -0.3 is 19.7 Å². The zero-order chi connectivity index (χ0) is 18.4. The minimum atomic E-state index is -4.67. The molecule has 0 radical (unpaired) electrons. The van der Waals surface area contributed by atoms with Crippen molar-refractivity contribution in [2.45, 2.75) is 13.1 Å². The van der Waals surface area contributed by atoms with E-state index in [0.717, 1.165) is 6.07 Å². The number of carbonyl (C=O) groups is 2. The van der Waals surface area contributed by atoms with Crippen molar-refractivity contribution in [1.82, 2.24) is 9.88 Å². The summed E-state index contributed by atoms with van der Waals surface area (Å²) in [4.78, 5) is 28.9. The number of halogens is 3. The molecule has 1 aliphatic heterocycles. The molecule has 1 saturated heterocycles. The third-order valence-corrected chi connectivity index (χ3v) is 3.45. The van der Waals surface area contributed by atoms with Crippen molar-refractivity contribution < 1.29 is 32.2 Å². The fourth-order valence-electron chi connectivity index (χ4n) is 2.21. The number of rotatable bonds is 5. The fourth-order valence-corrected chi connectivity index (χ4v) is 2.21. The summed E-state index contributed by atoms with van der Waals surface area (Å²) in [5.41, 5.74) is -1.33. The number of hydrogen-bond donors (Lipinski definition) is 1. The molecule has 1 aromatic rings. The molecule has 0 bridgehead atoms. The van der Waals surface area contributed by atoms with Gasteiger partial charge in [-0.15, -0.1) is 0 Å². The number of pyridine rings is 1. The van der Waals surface area contributed by atoms with Crippen molar-refractivity contribution in [3.8, 4) is 0 Å². The van der Waals surface area contributed by atoms with Gasteiger partial charge in [0.05, 0.1) is 26.4 Å². The Balaban J connectivity index is 2.17. The molecule has 138 valence electrons. The van der Waals surface area contributed by atoms with E-state index in [1.165, 1.54) is 4.90 Å². The van der Waals surface area contributed by atoms with Crippen LogP contribution in [-0.2, 0) is 20.4 Å². The Hall–Kier alpha value is -2.36. The molecule has 25 heavy (non-hydrogen) atoms. The molecule has 1 aromatic heterocycles. The Kier molecular flexibility index (Phi) is 6.18. The van der Waals surface area contributed by atoms with Crippen LogP contribution in [0.25, 0.3) is 0 Å². The van der Waals surface area contributed by atoms with Crippen molar-refractivity contribution in [3.05, 3.63) is 23.4 Å². The molecule has 10 heteroatoms. The van der Waals surface area contributed by atoms with Crippen molar-refractivity contribution in [2.75, 3.05) is 44.8 Å². The number of nitrogens with zero attached hydrogens (tertiary/aromatic N) is 2. The molecular formula is C15H18F3N3O4. The van der Waals surface area contributed by atoms with Crippen LogP contribution in [0.5, 0.6) is 0 Å². The van der Waals surface area contributed by atoms with Gasteiger partial charge in [-0.2, -0.15) is 13.2 Å². The van der Waals surface area contributed by atoms with Gasteiger partial charge in [-0.3, -0.25) is 4.79 Å². The number of nitrogens with one attached hydrogen (secondary N) is 1. The highest BCUT2D eigenvalue weighted by atomic mass is 19.4. The van der Waals surface area contributed by atoms with Crippen LogP contribution in [0.3, 0.4) is 0 Å². The number of aromatic nitrogens is 1. The highest BCUT2D eigenvalue weighted by Gasteiger charge is 2.34. The zero-order valence-electron chi connectivity index (χ0n) is 13.6. The van der Waals surface area contributed by atoms with Crippen LogP contribution in [0, 0.1) is 0 Å². The molecule has 7 nitrogen and oxygen atoms in total. The van der Waals surface area contributed by atoms with E-state index in [2.05, 4.69) is 10.3 Å². The van der Waals surface area contributed by atoms with Crippen LogP contribution in [0.1, 0.15) is 23.0 Å². The maximum Gasteiger partial charge on any atom is 0.433 e. The Bertz CT molecular complexity index is 631. The molecule has 0 spiro atoms. The molecule has 1 fully saturated rings. The highest BCUT2D eigenvalue weighted by Crippen LogP contribution is 2.29. The van der Waals surface area contributed by atoms with Gasteiger partial charge >= 0.3 is 12.1 Å². The molecule has 0 aliphatic carbocycles. The number of alkyl halides is 3. The summed E-state index contributed by atoms with van der Waals surface area (Å²) >= 11 is 0. The predicted octanol–water partition coefficient (Wildman–Crippen LogP) is 1.55. The number of anilines is 1. The van der Waals surface area contributed by atoms with Crippen LogP contribution in [0.4, 0.5) is 19.0 Å². The lowest BCUT2D eigenvalue weighted by Crippen LogP contribution is -2.43. The van der Waals surface area contributed by atoms with Gasteiger partial charge in [0.1, 0.15) is 17.1 Å². The molecule has 1 N–H and O–H groups in total. The fraction of sp³-hybridized carbons (Fsp3) is 0.533. The number of esters is 1. The maximum atomic E-state index is 12.8. The molecule has 2 rings (SSSR count). The number of morpholine rings is 1. The first-order chi connectivity index (χ1) is 11.8. The van der Waals surface area contributed by atoms with E-state index in [0.29, 0.717) is 32.4 Å². The van der Waals surface area contributed by atoms with Crippen LogP contribution in [0.15, 0.2) is 12.1 Å². The third-order valence-electron chi connectivity index (χ3n) is 3.45. The lowest BCUT2D eigenvalue weighted by molar-refractivity contribution is -0.141. The average Bonchev–Trinajstić information content (AvgIpc) is 2.59. The molecule has 2 heterocycles. The van der Waals surface area contributed by atoms with E-state index in [9.17, 15) is 22.8 Å². The topological polar surface area (TPSA) is 80.8 Å². The molecule has 1 amide bonds. The van der Waals surface area contributed by atoms with Gasteiger partial charge in [0.15, 0.2) is 0 Å². The zero-order valence-corrected chi connectivity index (χ0v) is 13.6. The van der Waals surface area contributed by atoms with Gasteiger partial charge in [-0.25, -0.2) is 9.78 Å². The Morgan fingerprint density at radius 2 is 2.00 bits per heavy atom. The highest BCUT2D eigenvalue weighted by molar-refractivity contribution is 5.95. The monoisotopic (exact) mass is 361 g/mol. The molecule has 0 atom stereocenters. The van der Waals surface area contributed by atoms with Gasteiger partial charge in [0.2, 0.25) is 5.91 Å². The Morgan fingerprint density at radius 3 is 2.60 bits per heavy atom. The lowest BCUT2D eigenvalue weighted by atomic mass is 10.2. The summed E-state index contributed by atoms with van der Waals surface area (Å²) in [6.45, 7) is 2.96. The summed E-state index contributed by atoms with van der Waals surface area (Å²) in [6.07, 6.45) is -4.67. The second kappa shape index (κ2) is 8.15. The quantitative estimate of drug-likeness (QED) is 0.802. The largest absolute Gasteiger partial charge is 0.462 e. The minimum Gasteiger partial charge on any atom is -0.462 e. The Morgan fingerprint density at radius 1 is 1.32 bits per heavy atom. The second-order valence-corrected chi connectivity index (χ2v) is 5.16. The van der Waals surface area contributed by atoms with E-state index >= 15 is 0 Å². The molecule has 0 aromatic carbocycles. The summed E-state index contributed by atoms with van der Waals surface area (Å²) < 4.78 is 48.5. The van der Waals surface area contributed by atoms with E-state index in [1.54, 1.807) is 6.92 Å². The van der Waals surface area contributed by atoms with E-state index < -0.39 is 17.8 Å². The van der Waals surface area contributed by atoms with Crippen molar-refractivity contribution in [3.63, 3.8) is 0 Å². The molecule has 0 unspecified atom stereocenters. The van der Waals surface area contributed by atoms with Crippen molar-refractivity contribution in [1.29, 1.82) is 0 Å². The van der Waals surface area contributed by atoms with Crippen LogP contribution >= 0.6 is 0 Å². The maximum absolute atomic E-state index is 12.8. The number of hydrogen-bond acceptors (Lipinski definition) is 6. The minimum absolute atomic E-state index is 0.0615. The lowest BCUT2D eigenvalue weighted by Gasteiger charge is -2.27. The first-order valence-electron chi connectivity index (χ1n) is 7.67. The van der Waals surface area contributed by atoms with Gasteiger partial charge in [-0.1, -0.05) is 0 Å². The first kappa shape index (κ1) is 19.0. The molecular weight excluding hydrogens is 343 g/mol. The van der Waals surface area contributed by atoms with E-state index in [4.69, 9.17) is 9.47 Å². The first-order valence-corrected chi connectivity index (χ1v) is 7.67. The third kappa shape index (κ3) is 5.05. The van der Waals surface area contributed by atoms with Crippen LogP contribution < -0.4 is 5.32 Å². The van der Waals surface area contributed by atoms with Crippen molar-refractivity contribution in [2.24, 2.45) is 0 Å². The smallest absolute Gasteiger partial charge is 0.433 e. The van der Waals surface area contributed by atoms with E-state index in [-0.39, 0.29) is 30.4 Å². The molecule has 1 aliphatic rings. The average molecular weight is 361 g/mol. The van der Waals surface area contributed by atoms with Crippen molar-refractivity contribution >= 4 is 17.7 Å². The number of ether oxygens (including phenoxy) is 2. The number of amides is 1.